The van der Waals surface area contributed by atoms with Crippen LogP contribution in [0.4, 0.5) is 5.82 Å². The van der Waals surface area contributed by atoms with E-state index in [1.807, 2.05) is 26.8 Å². The summed E-state index contributed by atoms with van der Waals surface area (Å²) < 4.78 is 0.894. The molecule has 2 heterocycles. The fourth-order valence-electron chi connectivity index (χ4n) is 1.42. The number of aryl methyl sites for hydroxylation is 1. The Labute approximate surface area is 119 Å². The first-order valence-electron chi connectivity index (χ1n) is 5.84. The fraction of sp³-hybridized carbons (Fsp3) is 0.333. The van der Waals surface area contributed by atoms with Gasteiger partial charge in [-0.15, -0.1) is 5.10 Å². The maximum atomic E-state index is 11.9. The number of H-pyrrole nitrogens is 1. The van der Waals surface area contributed by atoms with Gasteiger partial charge in [0.1, 0.15) is 11.6 Å². The Bertz CT molecular complexity index is 608. The predicted molar refractivity (Wildman–Crippen MR) is 75.1 cm³/mol. The van der Waals surface area contributed by atoms with E-state index in [1.54, 1.807) is 6.07 Å². The lowest BCUT2D eigenvalue weighted by molar-refractivity contribution is 0.101. The summed E-state index contributed by atoms with van der Waals surface area (Å²) >= 11 is 3.35. The SMILES string of the molecule is Cc1nc(NC(=O)c2n[nH]c(C(C)C)n2)ccc1Br. The van der Waals surface area contributed by atoms with Gasteiger partial charge in [-0.2, -0.15) is 0 Å². The van der Waals surface area contributed by atoms with Gasteiger partial charge in [-0.25, -0.2) is 9.97 Å². The average molecular weight is 324 g/mol. The summed E-state index contributed by atoms with van der Waals surface area (Å²) in [6.07, 6.45) is 0. The molecule has 0 aliphatic carbocycles. The summed E-state index contributed by atoms with van der Waals surface area (Å²) in [4.78, 5) is 20.3. The van der Waals surface area contributed by atoms with E-state index in [2.05, 4.69) is 41.4 Å². The highest BCUT2D eigenvalue weighted by atomic mass is 79.9. The number of halogens is 1. The minimum Gasteiger partial charge on any atom is -0.304 e. The van der Waals surface area contributed by atoms with E-state index in [0.29, 0.717) is 11.6 Å². The molecule has 1 amide bonds. The molecule has 2 aromatic rings. The lowest BCUT2D eigenvalue weighted by Gasteiger charge is -2.03. The van der Waals surface area contributed by atoms with E-state index in [-0.39, 0.29) is 17.6 Å². The van der Waals surface area contributed by atoms with Crippen molar-refractivity contribution in [3.05, 3.63) is 33.9 Å². The Morgan fingerprint density at radius 3 is 2.68 bits per heavy atom. The van der Waals surface area contributed by atoms with E-state index < -0.39 is 0 Å². The van der Waals surface area contributed by atoms with Gasteiger partial charge >= 0.3 is 0 Å². The molecule has 0 saturated carbocycles. The van der Waals surface area contributed by atoms with Gasteiger partial charge in [-0.05, 0) is 35.0 Å². The van der Waals surface area contributed by atoms with Crippen molar-refractivity contribution in [3.8, 4) is 0 Å². The molecule has 0 fully saturated rings. The number of carbonyl (C=O) groups is 1. The summed E-state index contributed by atoms with van der Waals surface area (Å²) in [5.74, 6) is 1.09. The molecule has 0 aliphatic heterocycles. The normalized spacial score (nSPS) is 10.8. The minimum absolute atomic E-state index is 0.117. The highest BCUT2D eigenvalue weighted by Gasteiger charge is 2.14. The number of anilines is 1. The average Bonchev–Trinajstić information content (AvgIpc) is 2.83. The van der Waals surface area contributed by atoms with Crippen LogP contribution in [0, 0.1) is 6.92 Å². The first-order chi connectivity index (χ1) is 8.97. The lowest BCUT2D eigenvalue weighted by atomic mass is 10.2. The number of hydrogen-bond acceptors (Lipinski definition) is 4. The highest BCUT2D eigenvalue weighted by molar-refractivity contribution is 9.10. The number of nitrogens with zero attached hydrogens (tertiary/aromatic N) is 3. The van der Waals surface area contributed by atoms with Crippen molar-refractivity contribution in [1.29, 1.82) is 0 Å². The van der Waals surface area contributed by atoms with Crippen LogP contribution in [0.2, 0.25) is 0 Å². The van der Waals surface area contributed by atoms with Crippen molar-refractivity contribution >= 4 is 27.7 Å². The Balaban J connectivity index is 2.13. The van der Waals surface area contributed by atoms with Gasteiger partial charge in [0.2, 0.25) is 5.82 Å². The van der Waals surface area contributed by atoms with Crippen LogP contribution in [-0.2, 0) is 0 Å². The molecule has 2 N–H and O–H groups in total. The zero-order chi connectivity index (χ0) is 14.0. The van der Waals surface area contributed by atoms with E-state index in [0.717, 1.165) is 10.2 Å². The number of rotatable bonds is 3. The van der Waals surface area contributed by atoms with Crippen LogP contribution >= 0.6 is 15.9 Å². The van der Waals surface area contributed by atoms with Gasteiger partial charge in [0.05, 0.1) is 5.69 Å². The first-order valence-corrected chi connectivity index (χ1v) is 6.63. The van der Waals surface area contributed by atoms with Crippen molar-refractivity contribution in [2.45, 2.75) is 26.7 Å². The third-order valence-electron chi connectivity index (χ3n) is 2.52. The van der Waals surface area contributed by atoms with Crippen LogP contribution in [0.25, 0.3) is 0 Å². The van der Waals surface area contributed by atoms with Crippen LogP contribution in [0.5, 0.6) is 0 Å². The Morgan fingerprint density at radius 1 is 1.37 bits per heavy atom. The molecule has 0 bridgehead atoms. The smallest absolute Gasteiger partial charge is 0.296 e. The number of pyridine rings is 1. The maximum Gasteiger partial charge on any atom is 0.296 e. The number of hydrogen-bond donors (Lipinski definition) is 2. The van der Waals surface area contributed by atoms with Gasteiger partial charge in [0.25, 0.3) is 5.91 Å². The van der Waals surface area contributed by atoms with E-state index in [9.17, 15) is 4.79 Å². The van der Waals surface area contributed by atoms with Crippen molar-refractivity contribution in [1.82, 2.24) is 20.2 Å². The maximum absolute atomic E-state index is 11.9. The third kappa shape index (κ3) is 3.17. The monoisotopic (exact) mass is 323 g/mol. The molecule has 0 aliphatic rings. The standard InChI is InChI=1S/C12H14BrN5O/c1-6(2)10-16-11(18-17-10)12(19)15-9-5-4-8(13)7(3)14-9/h4-6H,1-3H3,(H,14,15,19)(H,16,17,18). The van der Waals surface area contributed by atoms with Crippen LogP contribution in [0.3, 0.4) is 0 Å². The second kappa shape index (κ2) is 5.48. The number of aromatic amines is 1. The van der Waals surface area contributed by atoms with Crippen LogP contribution in [0.1, 0.15) is 41.9 Å². The zero-order valence-corrected chi connectivity index (χ0v) is 12.4. The zero-order valence-electron chi connectivity index (χ0n) is 10.9. The number of nitrogens with one attached hydrogen (secondary N) is 2. The van der Waals surface area contributed by atoms with Gasteiger partial charge < -0.3 is 5.32 Å². The summed E-state index contributed by atoms with van der Waals surface area (Å²) in [6.45, 7) is 5.80. The van der Waals surface area contributed by atoms with Crippen molar-refractivity contribution < 1.29 is 4.79 Å². The molecule has 7 heteroatoms. The molecular formula is C12H14BrN5O. The predicted octanol–water partition coefficient (Wildman–Crippen LogP) is 2.65. The van der Waals surface area contributed by atoms with Crippen LogP contribution in [0.15, 0.2) is 16.6 Å². The fourth-order valence-corrected chi connectivity index (χ4v) is 1.64. The molecule has 0 spiro atoms. The van der Waals surface area contributed by atoms with Crippen LogP contribution in [-0.4, -0.2) is 26.1 Å². The summed E-state index contributed by atoms with van der Waals surface area (Å²) in [5, 5.41) is 9.29. The largest absolute Gasteiger partial charge is 0.304 e. The van der Waals surface area contributed by atoms with Gasteiger partial charge in [-0.3, -0.25) is 9.89 Å². The van der Waals surface area contributed by atoms with Gasteiger partial charge in [0.15, 0.2) is 0 Å². The van der Waals surface area contributed by atoms with E-state index >= 15 is 0 Å². The van der Waals surface area contributed by atoms with Gasteiger partial charge in [-0.1, -0.05) is 13.8 Å². The molecule has 100 valence electrons. The second-order valence-corrected chi connectivity index (χ2v) is 5.27. The summed E-state index contributed by atoms with van der Waals surface area (Å²) in [7, 11) is 0. The van der Waals surface area contributed by atoms with Crippen molar-refractivity contribution in [2.75, 3.05) is 5.32 Å². The van der Waals surface area contributed by atoms with Gasteiger partial charge in [0, 0.05) is 10.4 Å². The molecule has 2 aromatic heterocycles. The minimum atomic E-state index is -0.377. The Morgan fingerprint density at radius 2 is 2.11 bits per heavy atom. The molecule has 0 atom stereocenters. The van der Waals surface area contributed by atoms with E-state index in [1.165, 1.54) is 0 Å². The molecule has 0 radical (unpaired) electrons. The molecular weight excluding hydrogens is 310 g/mol. The Kier molecular flexibility index (Phi) is 3.94. The van der Waals surface area contributed by atoms with E-state index in [4.69, 9.17) is 0 Å². The Hall–Kier alpha value is -1.76. The molecule has 6 nitrogen and oxygen atoms in total. The second-order valence-electron chi connectivity index (χ2n) is 4.42. The lowest BCUT2D eigenvalue weighted by Crippen LogP contribution is -2.15. The molecule has 0 aromatic carbocycles. The number of amides is 1. The highest BCUT2D eigenvalue weighted by Crippen LogP contribution is 2.16. The third-order valence-corrected chi connectivity index (χ3v) is 3.35. The molecule has 19 heavy (non-hydrogen) atoms. The van der Waals surface area contributed by atoms with Crippen molar-refractivity contribution in [3.63, 3.8) is 0 Å². The molecule has 0 unspecified atom stereocenters. The summed E-state index contributed by atoms with van der Waals surface area (Å²) in [5.41, 5.74) is 0.802. The molecule has 0 saturated heterocycles. The topological polar surface area (TPSA) is 83.6 Å². The van der Waals surface area contributed by atoms with Crippen LogP contribution < -0.4 is 5.32 Å². The van der Waals surface area contributed by atoms with Crippen molar-refractivity contribution in [2.24, 2.45) is 0 Å². The quantitative estimate of drug-likeness (QED) is 0.909. The molecule has 2 rings (SSSR count). The summed E-state index contributed by atoms with van der Waals surface area (Å²) in [6, 6.07) is 3.54. The number of carbonyl (C=O) groups excluding carboxylic acids is 1. The first kappa shape index (κ1) is 13.7. The number of aromatic nitrogens is 4.